The van der Waals surface area contributed by atoms with Gasteiger partial charge in [0.05, 0.1) is 24.5 Å². The second-order valence-corrected chi connectivity index (χ2v) is 18.1. The van der Waals surface area contributed by atoms with Gasteiger partial charge in [-0.05, 0) is 124 Å². The van der Waals surface area contributed by atoms with E-state index in [0.717, 1.165) is 61.2 Å². The molecule has 7 aliphatic rings. The van der Waals surface area contributed by atoms with E-state index in [4.69, 9.17) is 30.8 Å². The lowest BCUT2D eigenvalue weighted by Gasteiger charge is -2.59. The summed E-state index contributed by atoms with van der Waals surface area (Å²) in [6.07, 6.45) is 13.6. The van der Waals surface area contributed by atoms with E-state index in [9.17, 15) is 24.6 Å². The SMILES string of the molecule is CCCC1O[C@@H]2C[C@H]3[C@@H]4CCC5=CC(=O)C=C[C@]5(C)[C@H]4[C@@H](O)C[C@]3(C)[C@]2(C(=O)CO)O1.CCOC(=O)N1CCC(=C2c3ccc(Cl)cc3CCc3cccnc32)CC1. The van der Waals surface area contributed by atoms with E-state index in [2.05, 4.69) is 39.0 Å². The number of aryl methyl sites for hydroxylation is 2. The van der Waals surface area contributed by atoms with Gasteiger partial charge in [-0.2, -0.15) is 0 Å². The number of pyridine rings is 1. The first-order chi connectivity index (χ1) is 27.9. The second-order valence-electron chi connectivity index (χ2n) is 17.7. The number of nitrogens with zero attached hydrogens (tertiary/aromatic N) is 2. The van der Waals surface area contributed by atoms with E-state index in [0.29, 0.717) is 39.0 Å². The lowest BCUT2D eigenvalue weighted by molar-refractivity contribution is -0.200. The van der Waals surface area contributed by atoms with Crippen molar-refractivity contribution in [3.8, 4) is 0 Å². The molecule has 3 saturated carbocycles. The molecule has 9 rings (SSSR count). The number of rotatable bonds is 5. The summed E-state index contributed by atoms with van der Waals surface area (Å²) in [5.41, 5.74) is 6.42. The Morgan fingerprint density at radius 3 is 2.59 bits per heavy atom. The number of Topliss-reactive ketones (excluding diaryl/α,β-unsaturated/α-hetero) is 1. The number of aromatic nitrogens is 1. The first kappa shape index (κ1) is 41.1. The van der Waals surface area contributed by atoms with Crippen LogP contribution in [0.15, 0.2) is 65.9 Å². The molecule has 2 N–H and O–H groups in total. The van der Waals surface area contributed by atoms with Crippen molar-refractivity contribution >= 4 is 34.8 Å². The number of hydrogen-bond acceptors (Lipinski definition) is 9. The highest BCUT2D eigenvalue weighted by atomic mass is 35.5. The van der Waals surface area contributed by atoms with Gasteiger partial charge in [0.25, 0.3) is 0 Å². The molecule has 1 aromatic carbocycles. The Labute approximate surface area is 346 Å². The van der Waals surface area contributed by atoms with Crippen LogP contribution >= 0.6 is 11.6 Å². The summed E-state index contributed by atoms with van der Waals surface area (Å²) in [5.74, 6) is 0.0274. The Balaban J connectivity index is 0.000000164. The Hall–Kier alpha value is -3.67. The predicted molar refractivity (Wildman–Crippen MR) is 220 cm³/mol. The van der Waals surface area contributed by atoms with E-state index in [1.54, 1.807) is 17.1 Å². The van der Waals surface area contributed by atoms with Gasteiger partial charge < -0.3 is 29.3 Å². The maximum absolute atomic E-state index is 13.2. The van der Waals surface area contributed by atoms with Crippen LogP contribution in [0.2, 0.25) is 5.02 Å². The monoisotopic (exact) mass is 812 g/mol. The summed E-state index contributed by atoms with van der Waals surface area (Å²) in [6.45, 7) is 9.29. The third kappa shape index (κ3) is 6.71. The summed E-state index contributed by atoms with van der Waals surface area (Å²) in [4.78, 5) is 43.8. The molecule has 0 spiro atoms. The van der Waals surface area contributed by atoms with E-state index >= 15 is 0 Å². The van der Waals surface area contributed by atoms with Crippen molar-refractivity contribution in [2.45, 2.75) is 116 Å². The quantitative estimate of drug-likeness (QED) is 0.313. The normalized spacial score (nSPS) is 34.6. The molecule has 3 heterocycles. The molecule has 0 radical (unpaired) electrons. The fourth-order valence-electron chi connectivity index (χ4n) is 12.2. The van der Waals surface area contributed by atoms with Gasteiger partial charge in [-0.25, -0.2) is 4.79 Å². The lowest BCUT2D eigenvalue weighted by atomic mass is 9.46. The van der Waals surface area contributed by atoms with Gasteiger partial charge in [-0.15, -0.1) is 0 Å². The minimum Gasteiger partial charge on any atom is -0.450 e. The number of benzene rings is 1. The number of ether oxygens (including phenoxy) is 3. The van der Waals surface area contributed by atoms with Gasteiger partial charge in [-0.1, -0.05) is 68.1 Å². The number of allylic oxidation sites excluding steroid dienone is 4. The van der Waals surface area contributed by atoms with Crippen LogP contribution in [0, 0.1) is 28.6 Å². The maximum Gasteiger partial charge on any atom is 0.409 e. The molecule has 5 aliphatic carbocycles. The third-order valence-corrected chi connectivity index (χ3v) is 15.0. The Morgan fingerprint density at radius 2 is 1.84 bits per heavy atom. The van der Waals surface area contributed by atoms with Crippen LogP contribution in [0.5, 0.6) is 0 Å². The zero-order chi connectivity index (χ0) is 41.0. The number of carbonyl (C=O) groups is 3. The van der Waals surface area contributed by atoms with E-state index in [1.165, 1.54) is 27.8 Å². The number of aliphatic hydroxyl groups excluding tert-OH is 2. The van der Waals surface area contributed by atoms with Gasteiger partial charge in [0.15, 0.2) is 23.5 Å². The van der Waals surface area contributed by atoms with Gasteiger partial charge in [0.2, 0.25) is 0 Å². The van der Waals surface area contributed by atoms with Crippen molar-refractivity contribution in [3.05, 3.63) is 93.3 Å². The fourth-order valence-corrected chi connectivity index (χ4v) is 12.4. The first-order valence-corrected chi connectivity index (χ1v) is 21.7. The highest BCUT2D eigenvalue weighted by Gasteiger charge is 2.75. The molecule has 58 heavy (non-hydrogen) atoms. The molecule has 11 heteroatoms. The van der Waals surface area contributed by atoms with Gasteiger partial charge in [-0.3, -0.25) is 14.6 Å². The number of fused-ring (bicyclic) bond motifs is 9. The molecule has 310 valence electrons. The van der Waals surface area contributed by atoms with Crippen molar-refractivity contribution < 1.29 is 38.8 Å². The van der Waals surface area contributed by atoms with Crippen molar-refractivity contribution in [2.75, 3.05) is 26.3 Å². The molecule has 2 aromatic rings. The number of aliphatic hydroxyl groups is 2. The second kappa shape index (κ2) is 16.1. The molecular formula is C47H57ClN2O8. The standard InChI is InChI=1S/C25H34O6.C22H23ClN2O2/c1-4-5-21-30-20-11-17-16-7-6-14-10-15(27)8-9-23(14,2)22(16)18(28)12-24(17,3)25(20,31-21)19(29)13-26;1-2-27-22(26)25-12-9-15(10-13-25)20-19-8-7-18(23)14-17(19)6-5-16-4-3-11-24-21(16)20/h8-10,16-18,20-22,26,28H,4-7,11-13H2,1-3H3;3-4,7-8,11,14H,2,5-6,9-10,12-13H2,1H3/t16-,17-,18-,20+,21?,22+,23-,24-,25+;/m0./s1. The van der Waals surface area contributed by atoms with E-state index < -0.39 is 36.1 Å². The summed E-state index contributed by atoms with van der Waals surface area (Å²) >= 11 is 6.27. The zero-order valence-electron chi connectivity index (χ0n) is 34.2. The molecule has 9 atom stereocenters. The van der Waals surface area contributed by atoms with Gasteiger partial charge in [0.1, 0.15) is 6.61 Å². The Kier molecular flexibility index (Phi) is 11.4. The van der Waals surface area contributed by atoms with Crippen LogP contribution in [0.4, 0.5) is 4.79 Å². The minimum atomic E-state index is -1.20. The molecule has 5 fully saturated rings. The number of amides is 1. The maximum atomic E-state index is 13.2. The molecule has 10 nitrogen and oxygen atoms in total. The highest BCUT2D eigenvalue weighted by molar-refractivity contribution is 6.30. The zero-order valence-corrected chi connectivity index (χ0v) is 34.9. The largest absolute Gasteiger partial charge is 0.450 e. The van der Waals surface area contributed by atoms with E-state index in [1.807, 2.05) is 31.3 Å². The number of carbonyl (C=O) groups excluding carboxylic acids is 3. The van der Waals surface area contributed by atoms with Crippen molar-refractivity contribution in [1.82, 2.24) is 9.88 Å². The number of hydrogen-bond donors (Lipinski definition) is 2. The van der Waals surface area contributed by atoms with Gasteiger partial charge >= 0.3 is 6.09 Å². The fraction of sp³-hybridized carbons (Fsp3) is 0.574. The summed E-state index contributed by atoms with van der Waals surface area (Å²) < 4.78 is 17.8. The predicted octanol–water partition coefficient (Wildman–Crippen LogP) is 7.60. The minimum absolute atomic E-state index is 0.0125. The molecule has 0 bridgehead atoms. The van der Waals surface area contributed by atoms with Crippen LogP contribution in [0.1, 0.15) is 101 Å². The summed E-state index contributed by atoms with van der Waals surface area (Å²) in [7, 11) is 0. The molecule has 1 unspecified atom stereocenters. The van der Waals surface area contributed by atoms with Crippen molar-refractivity contribution in [3.63, 3.8) is 0 Å². The molecule has 2 aliphatic heterocycles. The first-order valence-electron chi connectivity index (χ1n) is 21.3. The molecule has 1 amide bonds. The molecule has 2 saturated heterocycles. The van der Waals surface area contributed by atoms with Crippen LogP contribution in [-0.2, 0) is 36.6 Å². The van der Waals surface area contributed by atoms with Crippen LogP contribution in [0.3, 0.4) is 0 Å². The average Bonchev–Trinajstić information content (AvgIpc) is 3.63. The molecule has 1 aromatic heterocycles. The van der Waals surface area contributed by atoms with Crippen molar-refractivity contribution in [1.29, 1.82) is 0 Å². The van der Waals surface area contributed by atoms with Crippen molar-refractivity contribution in [2.24, 2.45) is 28.6 Å². The summed E-state index contributed by atoms with van der Waals surface area (Å²) in [5, 5.41) is 22.2. The van der Waals surface area contributed by atoms with Gasteiger partial charge in [0, 0.05) is 46.6 Å². The topological polar surface area (TPSA) is 135 Å². The number of piperidine rings is 1. The van der Waals surface area contributed by atoms with Crippen LogP contribution in [-0.4, -0.2) is 88.2 Å². The van der Waals surface area contributed by atoms with Crippen LogP contribution in [0.25, 0.3) is 5.57 Å². The molecular weight excluding hydrogens is 756 g/mol. The smallest absolute Gasteiger partial charge is 0.409 e. The van der Waals surface area contributed by atoms with E-state index in [-0.39, 0.29) is 40.8 Å². The Bertz CT molecular complexity index is 2050. The Morgan fingerprint density at radius 1 is 1.07 bits per heavy atom. The lowest BCUT2D eigenvalue weighted by Crippen LogP contribution is -2.63. The third-order valence-electron chi connectivity index (χ3n) is 14.7. The average molecular weight is 813 g/mol. The summed E-state index contributed by atoms with van der Waals surface area (Å²) in [6, 6.07) is 10.3. The number of ketones is 2. The number of halogens is 1. The van der Waals surface area contributed by atoms with Crippen LogP contribution < -0.4 is 0 Å². The number of likely N-dealkylation sites (tertiary alicyclic amines) is 1. The highest BCUT2D eigenvalue weighted by Crippen LogP contribution is 2.69.